The van der Waals surface area contributed by atoms with Crippen molar-refractivity contribution < 1.29 is 18.1 Å². The van der Waals surface area contributed by atoms with Crippen LogP contribution in [0.2, 0.25) is 0 Å². The van der Waals surface area contributed by atoms with Crippen LogP contribution in [0.25, 0.3) is 0 Å². The van der Waals surface area contributed by atoms with Crippen molar-refractivity contribution >= 4 is 0 Å². The molecule has 134 valence electrons. The molecule has 0 aromatic carbocycles. The van der Waals surface area contributed by atoms with Gasteiger partial charge in [0.2, 0.25) is 0 Å². The van der Waals surface area contributed by atoms with Crippen molar-refractivity contribution in [1.82, 2.24) is 0 Å². The summed E-state index contributed by atoms with van der Waals surface area (Å²) in [5, 5.41) is 31.7. The Hall–Kier alpha value is -0.800. The molecule has 3 fully saturated rings. The first kappa shape index (κ1) is 14.4. The summed E-state index contributed by atoms with van der Waals surface area (Å²) in [4.78, 5) is 0. The lowest BCUT2D eigenvalue weighted by atomic mass is 9.47. The average Bonchev–Trinajstić information content (AvgIpc) is 2.88. The SMILES string of the molecule is [2H]C1C=C(O)[C@@]2(C)C(=C1)CC[C@@H]1[C@@H]2CC[C@@]2(C)[C@H]1CC[C@]2(O)C([2H])CO. The lowest BCUT2D eigenvalue weighted by Crippen LogP contribution is -2.55. The molecule has 24 heavy (non-hydrogen) atoms. The zero-order valence-electron chi connectivity index (χ0n) is 16.8. The highest BCUT2D eigenvalue weighted by Gasteiger charge is 2.64. The molecule has 8 atom stereocenters. The molecule has 3 N–H and O–H groups in total. The van der Waals surface area contributed by atoms with Crippen LogP contribution < -0.4 is 0 Å². The van der Waals surface area contributed by atoms with Gasteiger partial charge in [-0.05, 0) is 87.5 Å². The Morgan fingerprint density at radius 2 is 1.96 bits per heavy atom. The summed E-state index contributed by atoms with van der Waals surface area (Å²) in [6.45, 7) is 3.96. The standard InChI is InChI=1S/C21H32O3/c1-19-10-8-17-15(16(19)9-11-21(19,24)12-13-22)7-6-14-4-3-5-18(23)20(14,17)2/h4-5,15-17,22-24H,3,6-13H2,1-2H3/t15-,16-,17-,19-,20-,21-/m0/s1/i3D,12D/t3?,12?,15-,16-,17-,19-,20-,21-. The van der Waals surface area contributed by atoms with E-state index in [1.54, 1.807) is 6.08 Å². The predicted molar refractivity (Wildman–Crippen MR) is 94.5 cm³/mol. The van der Waals surface area contributed by atoms with E-state index in [2.05, 4.69) is 13.8 Å². The Morgan fingerprint density at radius 1 is 1.21 bits per heavy atom. The van der Waals surface area contributed by atoms with Crippen LogP contribution in [-0.4, -0.2) is 27.5 Å². The van der Waals surface area contributed by atoms with E-state index in [0.29, 0.717) is 29.9 Å². The smallest absolute Gasteiger partial charge is 0.0988 e. The van der Waals surface area contributed by atoms with E-state index in [1.807, 2.05) is 6.08 Å². The zero-order chi connectivity index (χ0) is 18.9. The van der Waals surface area contributed by atoms with Crippen LogP contribution in [0, 0.1) is 28.6 Å². The van der Waals surface area contributed by atoms with Crippen molar-refractivity contribution in [3.63, 3.8) is 0 Å². The molecule has 4 rings (SSSR count). The van der Waals surface area contributed by atoms with Gasteiger partial charge in [0.15, 0.2) is 0 Å². The summed E-state index contributed by atoms with van der Waals surface area (Å²) in [6, 6.07) is 0. The van der Waals surface area contributed by atoms with E-state index in [1.165, 1.54) is 5.57 Å². The fourth-order valence-corrected chi connectivity index (χ4v) is 6.80. The lowest BCUT2D eigenvalue weighted by molar-refractivity contribution is -0.132. The summed E-state index contributed by atoms with van der Waals surface area (Å²) >= 11 is 0. The summed E-state index contributed by atoms with van der Waals surface area (Å²) in [5.74, 6) is 1.42. The van der Waals surface area contributed by atoms with E-state index in [4.69, 9.17) is 2.74 Å². The topological polar surface area (TPSA) is 60.7 Å². The predicted octanol–water partition coefficient (Wildman–Crippen LogP) is 4.11. The highest BCUT2D eigenvalue weighted by Crippen LogP contribution is 2.68. The number of allylic oxidation sites excluding steroid dienone is 3. The molecule has 0 bridgehead atoms. The lowest BCUT2D eigenvalue weighted by Gasteiger charge is -2.58. The third kappa shape index (κ3) is 1.92. The number of hydrogen-bond donors (Lipinski definition) is 3. The molecule has 0 amide bonds. The van der Waals surface area contributed by atoms with Crippen LogP contribution >= 0.6 is 0 Å². The third-order valence-electron chi connectivity index (χ3n) is 8.32. The Labute approximate surface area is 148 Å². The molecular weight excluding hydrogens is 300 g/mol. The Kier molecular flexibility index (Phi) is 3.20. The van der Waals surface area contributed by atoms with Gasteiger partial charge in [-0.1, -0.05) is 18.6 Å². The minimum atomic E-state index is -1.12. The highest BCUT2D eigenvalue weighted by atomic mass is 16.3. The van der Waals surface area contributed by atoms with Crippen LogP contribution in [-0.2, 0) is 0 Å². The number of rotatable bonds is 2. The van der Waals surface area contributed by atoms with Gasteiger partial charge in [-0.3, -0.25) is 0 Å². The van der Waals surface area contributed by atoms with Crippen molar-refractivity contribution in [2.24, 2.45) is 28.6 Å². The van der Waals surface area contributed by atoms with Crippen LogP contribution in [0.3, 0.4) is 0 Å². The van der Waals surface area contributed by atoms with Gasteiger partial charge in [-0.2, -0.15) is 0 Å². The quantitative estimate of drug-likeness (QED) is 0.666. The fourth-order valence-electron chi connectivity index (χ4n) is 6.80. The summed E-state index contributed by atoms with van der Waals surface area (Å²) in [7, 11) is 0. The second-order valence-corrected chi connectivity index (χ2v) is 8.86. The minimum absolute atomic E-state index is 0.300. The molecule has 0 saturated heterocycles. The first-order valence-electron chi connectivity index (χ1n) is 10.6. The maximum atomic E-state index is 11.3. The maximum absolute atomic E-state index is 11.3. The van der Waals surface area contributed by atoms with Crippen molar-refractivity contribution in [3.8, 4) is 0 Å². The molecule has 3 saturated carbocycles. The van der Waals surface area contributed by atoms with Crippen LogP contribution in [0.4, 0.5) is 0 Å². The van der Waals surface area contributed by atoms with E-state index >= 15 is 0 Å². The maximum Gasteiger partial charge on any atom is 0.0988 e. The number of hydrogen-bond acceptors (Lipinski definition) is 3. The molecule has 0 aliphatic heterocycles. The molecule has 0 heterocycles. The molecule has 3 heteroatoms. The highest BCUT2D eigenvalue weighted by molar-refractivity contribution is 5.34. The number of aliphatic hydroxyl groups is 3. The monoisotopic (exact) mass is 334 g/mol. The first-order chi connectivity index (χ1) is 12.2. The number of aliphatic hydroxyl groups excluding tert-OH is 2. The van der Waals surface area contributed by atoms with Gasteiger partial charge in [0.1, 0.15) is 0 Å². The molecule has 0 spiro atoms. The van der Waals surface area contributed by atoms with Gasteiger partial charge in [0, 0.05) is 14.8 Å². The minimum Gasteiger partial charge on any atom is -0.512 e. The molecule has 2 unspecified atom stereocenters. The van der Waals surface area contributed by atoms with Crippen molar-refractivity contribution in [1.29, 1.82) is 0 Å². The number of fused-ring (bicyclic) bond motifs is 5. The molecular formula is C21H32O3. The Balaban J connectivity index is 1.70. The van der Waals surface area contributed by atoms with Gasteiger partial charge >= 0.3 is 0 Å². The summed E-state index contributed by atoms with van der Waals surface area (Å²) < 4.78 is 16.3. The van der Waals surface area contributed by atoms with Crippen molar-refractivity contribution in [3.05, 3.63) is 23.5 Å². The van der Waals surface area contributed by atoms with Crippen LogP contribution in [0.15, 0.2) is 23.5 Å². The second-order valence-electron chi connectivity index (χ2n) is 8.86. The van der Waals surface area contributed by atoms with Gasteiger partial charge in [0.05, 0.1) is 11.4 Å². The van der Waals surface area contributed by atoms with E-state index < -0.39 is 18.4 Å². The van der Waals surface area contributed by atoms with E-state index in [-0.39, 0.29) is 17.4 Å². The van der Waals surface area contributed by atoms with Crippen molar-refractivity contribution in [2.45, 2.75) is 70.8 Å². The molecule has 0 aromatic rings. The van der Waals surface area contributed by atoms with Crippen LogP contribution in [0.5, 0.6) is 0 Å². The normalized spacial score (nSPS) is 56.0. The van der Waals surface area contributed by atoms with E-state index in [0.717, 1.165) is 32.1 Å². The summed E-state index contributed by atoms with van der Waals surface area (Å²) in [6.07, 6.45) is 7.54. The molecule has 4 aliphatic carbocycles. The van der Waals surface area contributed by atoms with Gasteiger partial charge in [-0.15, -0.1) is 0 Å². The second kappa shape index (κ2) is 5.35. The molecule has 4 aliphatic rings. The van der Waals surface area contributed by atoms with E-state index in [9.17, 15) is 15.3 Å². The zero-order valence-corrected chi connectivity index (χ0v) is 14.8. The largest absolute Gasteiger partial charge is 0.512 e. The molecule has 3 nitrogen and oxygen atoms in total. The molecule has 0 aromatic heterocycles. The van der Waals surface area contributed by atoms with Gasteiger partial charge in [0.25, 0.3) is 0 Å². The van der Waals surface area contributed by atoms with Crippen molar-refractivity contribution in [2.75, 3.05) is 6.61 Å². The summed E-state index contributed by atoms with van der Waals surface area (Å²) in [5.41, 5.74) is -0.623. The average molecular weight is 334 g/mol. The van der Waals surface area contributed by atoms with Gasteiger partial charge < -0.3 is 15.3 Å². The van der Waals surface area contributed by atoms with Gasteiger partial charge in [-0.25, -0.2) is 0 Å². The third-order valence-corrected chi connectivity index (χ3v) is 8.32. The van der Waals surface area contributed by atoms with Crippen LogP contribution in [0.1, 0.15) is 67.9 Å². The fraction of sp³-hybridized carbons (Fsp3) is 0.810. The Bertz CT molecular complexity index is 662. The molecule has 0 radical (unpaired) electrons. The Morgan fingerprint density at radius 3 is 2.71 bits per heavy atom. The first-order valence-corrected chi connectivity index (χ1v) is 9.48.